The summed E-state index contributed by atoms with van der Waals surface area (Å²) in [5.41, 5.74) is 3.52. The summed E-state index contributed by atoms with van der Waals surface area (Å²) < 4.78 is 12.7. The number of nitrogens with zero attached hydrogens (tertiary/aromatic N) is 3. The first-order valence-corrected chi connectivity index (χ1v) is 10.5. The van der Waals surface area contributed by atoms with Crippen LogP contribution < -0.4 is 10.1 Å². The topological polar surface area (TPSA) is 82.2 Å². The predicted octanol–water partition coefficient (Wildman–Crippen LogP) is 3.94. The number of benzene rings is 1. The van der Waals surface area contributed by atoms with E-state index in [9.17, 15) is 4.79 Å². The van der Waals surface area contributed by atoms with Crippen LogP contribution in [0.15, 0.2) is 58.6 Å². The van der Waals surface area contributed by atoms with Crippen molar-refractivity contribution in [2.75, 3.05) is 13.7 Å². The van der Waals surface area contributed by atoms with Crippen molar-refractivity contribution in [1.29, 1.82) is 0 Å². The van der Waals surface area contributed by atoms with Crippen molar-refractivity contribution >= 4 is 17.2 Å². The number of ether oxygens (including phenoxy) is 1. The highest BCUT2D eigenvalue weighted by atomic mass is 32.1. The number of thiophene rings is 1. The first-order valence-electron chi connectivity index (χ1n) is 9.57. The predicted molar refractivity (Wildman–Crippen MR) is 115 cm³/mol. The van der Waals surface area contributed by atoms with Crippen LogP contribution in [0.5, 0.6) is 5.75 Å². The molecule has 0 fully saturated rings. The molecule has 0 aliphatic heterocycles. The Kier molecular flexibility index (Phi) is 5.94. The molecule has 0 saturated carbocycles. The van der Waals surface area contributed by atoms with Gasteiger partial charge in [0.25, 0.3) is 0 Å². The van der Waals surface area contributed by atoms with Crippen LogP contribution in [-0.2, 0) is 17.8 Å². The van der Waals surface area contributed by atoms with Gasteiger partial charge in [-0.3, -0.25) is 9.48 Å². The van der Waals surface area contributed by atoms with Crippen LogP contribution in [0.4, 0.5) is 0 Å². The Morgan fingerprint density at radius 1 is 1.27 bits per heavy atom. The number of amides is 1. The number of carbonyl (C=O) groups is 1. The van der Waals surface area contributed by atoms with E-state index < -0.39 is 0 Å². The van der Waals surface area contributed by atoms with E-state index in [2.05, 4.69) is 15.6 Å². The average molecular weight is 423 g/mol. The van der Waals surface area contributed by atoms with E-state index in [-0.39, 0.29) is 12.3 Å². The fourth-order valence-electron chi connectivity index (χ4n) is 3.28. The van der Waals surface area contributed by atoms with Crippen molar-refractivity contribution in [3.8, 4) is 27.6 Å². The Hall–Kier alpha value is -3.39. The maximum atomic E-state index is 12.4. The zero-order chi connectivity index (χ0) is 20.9. The van der Waals surface area contributed by atoms with E-state index in [1.165, 1.54) is 0 Å². The maximum Gasteiger partial charge on any atom is 0.224 e. The van der Waals surface area contributed by atoms with Crippen LogP contribution in [0.25, 0.3) is 21.9 Å². The number of aryl methyl sites for hydroxylation is 1. The number of carbonyl (C=O) groups excluding carboxylic acids is 1. The van der Waals surface area contributed by atoms with Gasteiger partial charge in [-0.2, -0.15) is 5.10 Å². The second-order valence-electron chi connectivity index (χ2n) is 6.78. The maximum absolute atomic E-state index is 12.4. The van der Waals surface area contributed by atoms with E-state index in [1.807, 2.05) is 59.5 Å². The molecule has 30 heavy (non-hydrogen) atoms. The lowest BCUT2D eigenvalue weighted by Crippen LogP contribution is -2.29. The quantitative estimate of drug-likeness (QED) is 0.465. The van der Waals surface area contributed by atoms with E-state index >= 15 is 0 Å². The van der Waals surface area contributed by atoms with Crippen LogP contribution >= 0.6 is 11.3 Å². The van der Waals surface area contributed by atoms with E-state index in [0.29, 0.717) is 24.6 Å². The zero-order valence-electron chi connectivity index (χ0n) is 16.8. The Bertz CT molecular complexity index is 1130. The van der Waals surface area contributed by atoms with Crippen LogP contribution in [0.2, 0.25) is 0 Å². The van der Waals surface area contributed by atoms with E-state index in [0.717, 1.165) is 27.4 Å². The first kappa shape index (κ1) is 19.9. The summed E-state index contributed by atoms with van der Waals surface area (Å²) in [6, 6.07) is 13.5. The van der Waals surface area contributed by atoms with Crippen molar-refractivity contribution in [3.05, 3.63) is 65.3 Å². The minimum Gasteiger partial charge on any atom is -0.496 e. The first-order chi connectivity index (χ1) is 14.7. The molecule has 1 aromatic carbocycles. The molecule has 0 aliphatic carbocycles. The van der Waals surface area contributed by atoms with E-state index in [4.69, 9.17) is 9.26 Å². The molecule has 3 heterocycles. The zero-order valence-corrected chi connectivity index (χ0v) is 17.6. The van der Waals surface area contributed by atoms with Crippen molar-refractivity contribution in [2.24, 2.45) is 0 Å². The van der Waals surface area contributed by atoms with Gasteiger partial charge in [0.05, 0.1) is 48.1 Å². The third-order valence-corrected chi connectivity index (χ3v) is 5.55. The monoisotopic (exact) mass is 422 g/mol. The van der Waals surface area contributed by atoms with Crippen molar-refractivity contribution < 1.29 is 14.1 Å². The third-order valence-electron chi connectivity index (χ3n) is 4.68. The van der Waals surface area contributed by atoms with Gasteiger partial charge in [0, 0.05) is 18.2 Å². The van der Waals surface area contributed by atoms with Gasteiger partial charge in [-0.05, 0) is 24.4 Å². The highest BCUT2D eigenvalue weighted by Crippen LogP contribution is 2.34. The lowest BCUT2D eigenvalue weighted by molar-refractivity contribution is -0.120. The molecule has 7 nitrogen and oxygen atoms in total. The number of aromatic nitrogens is 3. The Balaban J connectivity index is 1.46. The largest absolute Gasteiger partial charge is 0.496 e. The Morgan fingerprint density at radius 2 is 2.13 bits per heavy atom. The normalized spacial score (nSPS) is 10.9. The van der Waals surface area contributed by atoms with Gasteiger partial charge in [-0.1, -0.05) is 29.4 Å². The van der Waals surface area contributed by atoms with E-state index in [1.54, 1.807) is 24.6 Å². The fourth-order valence-corrected chi connectivity index (χ4v) is 4.07. The number of nitrogens with one attached hydrogen (secondary N) is 1. The van der Waals surface area contributed by atoms with Crippen molar-refractivity contribution in [2.45, 2.75) is 19.9 Å². The van der Waals surface area contributed by atoms with Gasteiger partial charge in [0.15, 0.2) is 5.76 Å². The highest BCUT2D eigenvalue weighted by Gasteiger charge is 2.19. The summed E-state index contributed by atoms with van der Waals surface area (Å²) in [5.74, 6) is 1.34. The third kappa shape index (κ3) is 4.28. The second-order valence-corrected chi connectivity index (χ2v) is 7.73. The summed E-state index contributed by atoms with van der Waals surface area (Å²) in [4.78, 5) is 13.5. The minimum atomic E-state index is -0.0598. The lowest BCUT2D eigenvalue weighted by atomic mass is 10.1. The van der Waals surface area contributed by atoms with Gasteiger partial charge in [0.1, 0.15) is 5.75 Å². The molecule has 1 N–H and O–H groups in total. The van der Waals surface area contributed by atoms with Crippen LogP contribution in [0.3, 0.4) is 0 Å². The number of hydrogen-bond acceptors (Lipinski definition) is 6. The molecular weight excluding hydrogens is 400 g/mol. The molecule has 0 aliphatic rings. The van der Waals surface area contributed by atoms with Crippen LogP contribution in [0.1, 0.15) is 11.3 Å². The molecule has 4 rings (SSSR count). The molecule has 8 heteroatoms. The van der Waals surface area contributed by atoms with Crippen molar-refractivity contribution in [3.63, 3.8) is 0 Å². The molecule has 0 saturated heterocycles. The lowest BCUT2D eigenvalue weighted by Gasteiger charge is -2.10. The Morgan fingerprint density at radius 3 is 2.87 bits per heavy atom. The minimum absolute atomic E-state index is 0.0598. The second kappa shape index (κ2) is 8.96. The molecule has 1 amide bonds. The molecule has 3 aromatic heterocycles. The summed E-state index contributed by atoms with van der Waals surface area (Å²) >= 11 is 1.63. The molecule has 154 valence electrons. The van der Waals surface area contributed by atoms with Gasteiger partial charge < -0.3 is 14.6 Å². The summed E-state index contributed by atoms with van der Waals surface area (Å²) in [5, 5.41) is 13.5. The van der Waals surface area contributed by atoms with Gasteiger partial charge in [0.2, 0.25) is 5.91 Å². The molecular formula is C22H22N4O3S. The summed E-state index contributed by atoms with van der Waals surface area (Å²) in [6.07, 6.45) is 2.05. The standard InChI is InChI=1S/C22H22N4O3S/c1-15-12-19(29-25-15)17-14-24-26(22(17)20-8-5-11-30-20)10-9-23-21(27)13-16-6-3-4-7-18(16)28-2/h3-8,11-12,14H,9-10,13H2,1-2H3,(H,23,27). The van der Waals surface area contributed by atoms with Gasteiger partial charge >= 0.3 is 0 Å². The molecule has 0 unspecified atom stereocenters. The molecule has 0 atom stereocenters. The summed E-state index contributed by atoms with van der Waals surface area (Å²) in [6.45, 7) is 2.89. The Labute approximate surface area is 178 Å². The highest BCUT2D eigenvalue weighted by molar-refractivity contribution is 7.13. The SMILES string of the molecule is COc1ccccc1CC(=O)NCCn1ncc(-c2cc(C)no2)c1-c1cccs1. The van der Waals surface area contributed by atoms with Gasteiger partial charge in [-0.15, -0.1) is 11.3 Å². The molecule has 0 radical (unpaired) electrons. The number of hydrogen-bond donors (Lipinski definition) is 1. The van der Waals surface area contributed by atoms with Crippen LogP contribution in [0, 0.1) is 6.92 Å². The molecule has 0 spiro atoms. The molecule has 4 aromatic rings. The number of methoxy groups -OCH3 is 1. The van der Waals surface area contributed by atoms with Crippen molar-refractivity contribution in [1.82, 2.24) is 20.3 Å². The number of rotatable bonds is 8. The smallest absolute Gasteiger partial charge is 0.224 e. The average Bonchev–Trinajstić information content (AvgIpc) is 3.49. The molecule has 0 bridgehead atoms. The fraction of sp³-hybridized carbons (Fsp3) is 0.227. The number of para-hydroxylation sites is 1. The van der Waals surface area contributed by atoms with Crippen LogP contribution in [-0.4, -0.2) is 34.5 Å². The summed E-state index contributed by atoms with van der Waals surface area (Å²) in [7, 11) is 1.61. The van der Waals surface area contributed by atoms with Gasteiger partial charge in [-0.25, -0.2) is 0 Å².